The lowest BCUT2D eigenvalue weighted by molar-refractivity contribution is -0.119. The number of nitrogen functional groups attached to an aromatic ring is 1. The molecule has 0 heterocycles. The van der Waals surface area contributed by atoms with Crippen LogP contribution in [-0.2, 0) is 4.79 Å². The van der Waals surface area contributed by atoms with E-state index in [0.717, 1.165) is 22.5 Å². The Bertz CT molecular complexity index is 760. The highest BCUT2D eigenvalue weighted by Crippen LogP contribution is 2.30. The van der Waals surface area contributed by atoms with E-state index in [2.05, 4.69) is 11.4 Å². The normalized spacial score (nSPS) is 20.0. The van der Waals surface area contributed by atoms with Crippen LogP contribution in [0, 0.1) is 0 Å². The van der Waals surface area contributed by atoms with Gasteiger partial charge in [0.25, 0.3) is 0 Å². The van der Waals surface area contributed by atoms with Gasteiger partial charge in [-0.05, 0) is 42.3 Å². The lowest BCUT2D eigenvalue weighted by Gasteiger charge is -2.32. The topological polar surface area (TPSA) is 55.1 Å². The van der Waals surface area contributed by atoms with Gasteiger partial charge in [0, 0.05) is 17.8 Å². The molecule has 3 nitrogen and oxygen atoms in total. The molecule has 0 aromatic heterocycles. The fraction of sp³-hybridized carbons (Fsp3) is 0.150. The SMILES string of the molecule is CC(=O)C1(Nc2ccccc2)C=CC(c2ccc(N)cc2)=CC1. The Hall–Kier alpha value is -2.81. The van der Waals surface area contributed by atoms with Crippen LogP contribution in [0.15, 0.2) is 72.8 Å². The number of anilines is 2. The van der Waals surface area contributed by atoms with E-state index in [1.165, 1.54) is 0 Å². The van der Waals surface area contributed by atoms with Crippen LogP contribution in [0.5, 0.6) is 0 Å². The standard InChI is InChI=1S/C20H20N2O/c1-15(23)20(22-19-5-3-2-4-6-19)13-11-17(12-14-20)16-7-9-18(21)10-8-16/h2-13,22H,14,21H2,1H3. The van der Waals surface area contributed by atoms with Crippen LogP contribution in [0.3, 0.4) is 0 Å². The van der Waals surface area contributed by atoms with Crippen molar-refractivity contribution in [1.29, 1.82) is 0 Å². The van der Waals surface area contributed by atoms with Gasteiger partial charge in [-0.25, -0.2) is 0 Å². The predicted octanol–water partition coefficient (Wildman–Crippen LogP) is 4.05. The van der Waals surface area contributed by atoms with E-state index in [4.69, 9.17) is 5.73 Å². The van der Waals surface area contributed by atoms with Gasteiger partial charge in [-0.15, -0.1) is 0 Å². The molecule has 0 amide bonds. The van der Waals surface area contributed by atoms with Gasteiger partial charge in [0.15, 0.2) is 5.78 Å². The molecule has 0 saturated heterocycles. The lowest BCUT2D eigenvalue weighted by Crippen LogP contribution is -2.43. The second kappa shape index (κ2) is 6.13. The molecule has 1 aliphatic carbocycles. The quantitative estimate of drug-likeness (QED) is 0.838. The number of hydrogen-bond donors (Lipinski definition) is 2. The third-order valence-corrected chi connectivity index (χ3v) is 4.20. The molecule has 0 spiro atoms. The number of benzene rings is 2. The van der Waals surface area contributed by atoms with Crippen molar-refractivity contribution < 1.29 is 4.79 Å². The molecule has 0 bridgehead atoms. The molecule has 3 N–H and O–H groups in total. The third kappa shape index (κ3) is 3.19. The molecule has 3 heteroatoms. The molecule has 0 saturated carbocycles. The third-order valence-electron chi connectivity index (χ3n) is 4.20. The largest absolute Gasteiger partial charge is 0.399 e. The van der Waals surface area contributed by atoms with E-state index in [0.29, 0.717) is 6.42 Å². The predicted molar refractivity (Wildman–Crippen MR) is 96.1 cm³/mol. The summed E-state index contributed by atoms with van der Waals surface area (Å²) in [5, 5.41) is 3.37. The van der Waals surface area contributed by atoms with Crippen LogP contribution in [0.4, 0.5) is 11.4 Å². The zero-order valence-electron chi connectivity index (χ0n) is 13.1. The molecule has 3 rings (SSSR count). The van der Waals surface area contributed by atoms with Gasteiger partial charge in [-0.3, -0.25) is 4.79 Å². The van der Waals surface area contributed by atoms with E-state index in [1.54, 1.807) is 6.92 Å². The number of nitrogens with one attached hydrogen (secondary N) is 1. The van der Waals surface area contributed by atoms with Crippen LogP contribution >= 0.6 is 0 Å². The first-order chi connectivity index (χ1) is 11.1. The molecule has 0 fully saturated rings. The van der Waals surface area contributed by atoms with Crippen LogP contribution < -0.4 is 11.1 Å². The summed E-state index contributed by atoms with van der Waals surface area (Å²) in [5.41, 5.74) is 8.95. The number of nitrogens with two attached hydrogens (primary N) is 1. The zero-order chi connectivity index (χ0) is 16.3. The number of allylic oxidation sites excluding steroid dienone is 2. The van der Waals surface area contributed by atoms with Crippen LogP contribution in [0.1, 0.15) is 18.9 Å². The van der Waals surface area contributed by atoms with Crippen molar-refractivity contribution in [2.75, 3.05) is 11.1 Å². The number of hydrogen-bond acceptors (Lipinski definition) is 3. The summed E-state index contributed by atoms with van der Waals surface area (Å²) in [6.45, 7) is 1.63. The molecular formula is C20H20N2O. The van der Waals surface area contributed by atoms with Crippen molar-refractivity contribution in [2.45, 2.75) is 18.9 Å². The van der Waals surface area contributed by atoms with Gasteiger partial charge in [0.1, 0.15) is 5.54 Å². The Morgan fingerprint density at radius 2 is 1.78 bits per heavy atom. The van der Waals surface area contributed by atoms with Gasteiger partial charge >= 0.3 is 0 Å². The first-order valence-electron chi connectivity index (χ1n) is 7.69. The first kappa shape index (κ1) is 15.1. The van der Waals surface area contributed by atoms with Gasteiger partial charge in [0.05, 0.1) is 0 Å². The van der Waals surface area contributed by atoms with Crippen LogP contribution in [0.2, 0.25) is 0 Å². The summed E-state index contributed by atoms with van der Waals surface area (Å²) >= 11 is 0. The van der Waals surface area contributed by atoms with Crippen molar-refractivity contribution in [1.82, 2.24) is 0 Å². The number of Topliss-reactive ketones (excluding diaryl/α,β-unsaturated/α-hetero) is 1. The van der Waals surface area contributed by atoms with Crippen molar-refractivity contribution in [3.05, 3.63) is 78.4 Å². The number of rotatable bonds is 4. The average molecular weight is 304 g/mol. The molecular weight excluding hydrogens is 284 g/mol. The molecule has 1 atom stereocenters. The van der Waals surface area contributed by atoms with E-state index < -0.39 is 5.54 Å². The molecule has 2 aromatic carbocycles. The van der Waals surface area contributed by atoms with E-state index in [9.17, 15) is 4.79 Å². The van der Waals surface area contributed by atoms with Crippen LogP contribution in [-0.4, -0.2) is 11.3 Å². The smallest absolute Gasteiger partial charge is 0.159 e. The monoisotopic (exact) mass is 304 g/mol. The molecule has 0 aliphatic heterocycles. The minimum Gasteiger partial charge on any atom is -0.399 e. The molecule has 23 heavy (non-hydrogen) atoms. The average Bonchev–Trinajstić information content (AvgIpc) is 2.57. The summed E-state index contributed by atoms with van der Waals surface area (Å²) in [7, 11) is 0. The van der Waals surface area contributed by atoms with Crippen molar-refractivity contribution >= 4 is 22.7 Å². The van der Waals surface area contributed by atoms with Gasteiger partial charge in [0.2, 0.25) is 0 Å². The Kier molecular flexibility index (Phi) is 4.02. The molecule has 116 valence electrons. The van der Waals surface area contributed by atoms with E-state index in [-0.39, 0.29) is 5.78 Å². The minimum absolute atomic E-state index is 0.102. The maximum atomic E-state index is 12.3. The number of ketones is 1. The molecule has 2 aromatic rings. The second-order valence-corrected chi connectivity index (χ2v) is 5.84. The highest BCUT2D eigenvalue weighted by molar-refractivity contribution is 5.94. The van der Waals surface area contributed by atoms with Gasteiger partial charge in [-0.1, -0.05) is 48.6 Å². The van der Waals surface area contributed by atoms with E-state index in [1.807, 2.05) is 66.7 Å². The summed E-state index contributed by atoms with van der Waals surface area (Å²) in [5.74, 6) is 0.102. The van der Waals surface area contributed by atoms with Crippen molar-refractivity contribution in [3.8, 4) is 0 Å². The molecule has 1 unspecified atom stereocenters. The zero-order valence-corrected chi connectivity index (χ0v) is 13.1. The Morgan fingerprint density at radius 3 is 2.35 bits per heavy atom. The lowest BCUT2D eigenvalue weighted by atomic mass is 9.83. The van der Waals surface area contributed by atoms with Gasteiger partial charge in [-0.2, -0.15) is 0 Å². The van der Waals surface area contributed by atoms with Crippen molar-refractivity contribution in [2.24, 2.45) is 0 Å². The number of carbonyl (C=O) groups excluding carboxylic acids is 1. The summed E-state index contributed by atoms with van der Waals surface area (Å²) in [4.78, 5) is 12.3. The molecule has 0 radical (unpaired) electrons. The highest BCUT2D eigenvalue weighted by atomic mass is 16.1. The number of para-hydroxylation sites is 1. The van der Waals surface area contributed by atoms with Crippen molar-refractivity contribution in [3.63, 3.8) is 0 Å². The Morgan fingerprint density at radius 1 is 1.09 bits per heavy atom. The molecule has 1 aliphatic rings. The Balaban J connectivity index is 1.85. The fourth-order valence-electron chi connectivity index (χ4n) is 2.75. The highest BCUT2D eigenvalue weighted by Gasteiger charge is 2.33. The first-order valence-corrected chi connectivity index (χ1v) is 7.69. The summed E-state index contributed by atoms with van der Waals surface area (Å²) < 4.78 is 0. The summed E-state index contributed by atoms with van der Waals surface area (Å²) in [6.07, 6.45) is 6.69. The van der Waals surface area contributed by atoms with Crippen LogP contribution in [0.25, 0.3) is 5.57 Å². The summed E-state index contributed by atoms with van der Waals surface area (Å²) in [6, 6.07) is 17.6. The van der Waals surface area contributed by atoms with E-state index >= 15 is 0 Å². The Labute approximate surface area is 136 Å². The minimum atomic E-state index is -0.682. The number of carbonyl (C=O) groups is 1. The fourth-order valence-corrected chi connectivity index (χ4v) is 2.75. The van der Waals surface area contributed by atoms with Gasteiger partial charge < -0.3 is 11.1 Å². The second-order valence-electron chi connectivity index (χ2n) is 5.84. The maximum absolute atomic E-state index is 12.3. The maximum Gasteiger partial charge on any atom is 0.159 e.